The zero-order chi connectivity index (χ0) is 18.8. The molecule has 5 aromatic rings. The molecule has 5 rings (SSSR count). The third kappa shape index (κ3) is 2.85. The molecule has 0 saturated carbocycles. The van der Waals surface area contributed by atoms with E-state index in [0.29, 0.717) is 0 Å². The Balaban J connectivity index is 1.86. The summed E-state index contributed by atoms with van der Waals surface area (Å²) in [7, 11) is 0. The smallest absolute Gasteiger partial charge is 0.101 e. The van der Waals surface area contributed by atoms with Crippen LogP contribution in [0, 0.1) is 0 Å². The van der Waals surface area contributed by atoms with E-state index in [4.69, 9.17) is 0 Å². The summed E-state index contributed by atoms with van der Waals surface area (Å²) in [5.41, 5.74) is 6.74. The van der Waals surface area contributed by atoms with Gasteiger partial charge in [0.2, 0.25) is 0 Å². The van der Waals surface area contributed by atoms with Crippen LogP contribution in [0.2, 0.25) is 0 Å². The van der Waals surface area contributed by atoms with E-state index < -0.39 is 0 Å². The van der Waals surface area contributed by atoms with Gasteiger partial charge in [-0.3, -0.25) is 0 Å². The molecule has 0 bridgehead atoms. The van der Waals surface area contributed by atoms with E-state index in [0.717, 1.165) is 22.0 Å². The van der Waals surface area contributed by atoms with Crippen LogP contribution >= 0.6 is 0 Å². The second kappa shape index (κ2) is 7.09. The van der Waals surface area contributed by atoms with Crippen molar-refractivity contribution in [2.24, 2.45) is 0 Å². The lowest BCUT2D eigenvalue weighted by atomic mass is 9.88. The fourth-order valence-corrected chi connectivity index (χ4v) is 3.75. The summed E-state index contributed by atoms with van der Waals surface area (Å²) >= 11 is 0. The molecule has 0 aliphatic heterocycles. The van der Waals surface area contributed by atoms with Gasteiger partial charge in [-0.15, -0.1) is 5.10 Å². The van der Waals surface area contributed by atoms with Crippen LogP contribution in [0.15, 0.2) is 109 Å². The monoisotopic (exact) mass is 358 g/mol. The first kappa shape index (κ1) is 16.4. The third-order valence-corrected chi connectivity index (χ3v) is 5.04. The largest absolute Gasteiger partial charge is 0.158 e. The molecule has 1 aromatic heterocycles. The normalized spacial score (nSPS) is 10.9. The van der Waals surface area contributed by atoms with Crippen LogP contribution in [0.4, 0.5) is 0 Å². The molecule has 28 heavy (non-hydrogen) atoms. The topological polar surface area (TPSA) is 25.8 Å². The first-order valence-corrected chi connectivity index (χ1v) is 9.36. The lowest BCUT2D eigenvalue weighted by Crippen LogP contribution is -1.94. The number of fused-ring (bicyclic) bond motifs is 1. The van der Waals surface area contributed by atoms with E-state index in [1.807, 2.05) is 24.4 Å². The molecule has 0 fully saturated rings. The zero-order valence-corrected chi connectivity index (χ0v) is 15.3. The van der Waals surface area contributed by atoms with Gasteiger partial charge in [0.15, 0.2) is 0 Å². The quantitative estimate of drug-likeness (QED) is 0.362. The molecular formula is C26H18N2. The Hall–Kier alpha value is -3.78. The van der Waals surface area contributed by atoms with E-state index in [2.05, 4.69) is 95.1 Å². The van der Waals surface area contributed by atoms with Gasteiger partial charge in [0.1, 0.15) is 5.69 Å². The Kier molecular flexibility index (Phi) is 4.15. The number of hydrogen-bond acceptors (Lipinski definition) is 2. The van der Waals surface area contributed by atoms with Gasteiger partial charge in [0, 0.05) is 16.3 Å². The molecule has 0 spiro atoms. The maximum atomic E-state index is 4.55. The van der Waals surface area contributed by atoms with Crippen LogP contribution in [0.5, 0.6) is 0 Å². The van der Waals surface area contributed by atoms with Crippen LogP contribution in [-0.2, 0) is 0 Å². The molecule has 132 valence electrons. The van der Waals surface area contributed by atoms with E-state index >= 15 is 0 Å². The Morgan fingerprint density at radius 2 is 1.14 bits per heavy atom. The lowest BCUT2D eigenvalue weighted by Gasteiger charge is -2.16. The van der Waals surface area contributed by atoms with Gasteiger partial charge >= 0.3 is 0 Å². The number of benzene rings is 4. The predicted molar refractivity (Wildman–Crippen MR) is 116 cm³/mol. The van der Waals surface area contributed by atoms with Gasteiger partial charge in [-0.25, -0.2) is 0 Å². The second-order valence-electron chi connectivity index (χ2n) is 6.74. The fraction of sp³-hybridized carbons (Fsp3) is 0. The minimum atomic E-state index is 0.912. The summed E-state index contributed by atoms with van der Waals surface area (Å²) in [6.45, 7) is 0. The van der Waals surface area contributed by atoms with Crippen molar-refractivity contribution in [3.63, 3.8) is 0 Å². The molecule has 0 saturated heterocycles. The minimum absolute atomic E-state index is 0.912. The van der Waals surface area contributed by atoms with Crippen molar-refractivity contribution in [1.29, 1.82) is 0 Å². The SMILES string of the molecule is c1ccc(-c2cccc(-c3nncc4ccccc34)c2-c2ccccc2)cc1. The van der Waals surface area contributed by atoms with Crippen LogP contribution in [-0.4, -0.2) is 10.2 Å². The Bertz CT molecular complexity index is 1240. The molecule has 0 unspecified atom stereocenters. The number of nitrogens with zero attached hydrogens (tertiary/aromatic N) is 2. The maximum Gasteiger partial charge on any atom is 0.101 e. The van der Waals surface area contributed by atoms with Gasteiger partial charge in [-0.05, 0) is 22.3 Å². The van der Waals surface area contributed by atoms with Crippen LogP contribution < -0.4 is 0 Å². The fourth-order valence-electron chi connectivity index (χ4n) is 3.75. The lowest BCUT2D eigenvalue weighted by molar-refractivity contribution is 1.06. The molecule has 2 heteroatoms. The van der Waals surface area contributed by atoms with Crippen molar-refractivity contribution in [2.45, 2.75) is 0 Å². The van der Waals surface area contributed by atoms with E-state index in [-0.39, 0.29) is 0 Å². The van der Waals surface area contributed by atoms with Crippen molar-refractivity contribution in [2.75, 3.05) is 0 Å². The molecule has 1 heterocycles. The molecule has 0 aliphatic carbocycles. The highest BCUT2D eigenvalue weighted by Gasteiger charge is 2.16. The number of aromatic nitrogens is 2. The van der Waals surface area contributed by atoms with Crippen LogP contribution in [0.3, 0.4) is 0 Å². The third-order valence-electron chi connectivity index (χ3n) is 5.04. The summed E-state index contributed by atoms with van der Waals surface area (Å²) in [6.07, 6.45) is 1.82. The highest BCUT2D eigenvalue weighted by atomic mass is 15.1. The summed E-state index contributed by atoms with van der Waals surface area (Å²) in [6, 6.07) is 35.7. The summed E-state index contributed by atoms with van der Waals surface area (Å²) < 4.78 is 0. The van der Waals surface area contributed by atoms with E-state index in [9.17, 15) is 0 Å². The molecule has 0 aliphatic rings. The molecule has 0 radical (unpaired) electrons. The van der Waals surface area contributed by atoms with Crippen molar-refractivity contribution in [3.05, 3.63) is 109 Å². The molecule has 0 amide bonds. The summed E-state index contributed by atoms with van der Waals surface area (Å²) in [5.74, 6) is 0. The van der Waals surface area contributed by atoms with Crippen molar-refractivity contribution in [1.82, 2.24) is 10.2 Å². The average Bonchev–Trinajstić information content (AvgIpc) is 2.79. The Morgan fingerprint density at radius 1 is 0.500 bits per heavy atom. The van der Waals surface area contributed by atoms with E-state index in [1.165, 1.54) is 22.3 Å². The summed E-state index contributed by atoms with van der Waals surface area (Å²) in [4.78, 5) is 0. The van der Waals surface area contributed by atoms with Crippen LogP contribution in [0.1, 0.15) is 0 Å². The molecule has 4 aromatic carbocycles. The highest BCUT2D eigenvalue weighted by molar-refractivity contribution is 6.01. The van der Waals surface area contributed by atoms with Gasteiger partial charge < -0.3 is 0 Å². The molecular weight excluding hydrogens is 340 g/mol. The zero-order valence-electron chi connectivity index (χ0n) is 15.3. The molecule has 0 atom stereocenters. The number of rotatable bonds is 3. The van der Waals surface area contributed by atoms with Gasteiger partial charge in [0.25, 0.3) is 0 Å². The van der Waals surface area contributed by atoms with Crippen molar-refractivity contribution >= 4 is 10.8 Å². The Labute approximate surface area is 164 Å². The highest BCUT2D eigenvalue weighted by Crippen LogP contribution is 2.40. The number of hydrogen-bond donors (Lipinski definition) is 0. The van der Waals surface area contributed by atoms with Gasteiger partial charge in [0.05, 0.1) is 6.20 Å². The second-order valence-corrected chi connectivity index (χ2v) is 6.74. The van der Waals surface area contributed by atoms with Gasteiger partial charge in [-0.1, -0.05) is 103 Å². The summed E-state index contributed by atoms with van der Waals surface area (Å²) in [5, 5.41) is 11.0. The minimum Gasteiger partial charge on any atom is -0.158 e. The molecule has 2 nitrogen and oxygen atoms in total. The maximum absolute atomic E-state index is 4.55. The molecule has 0 N–H and O–H groups in total. The average molecular weight is 358 g/mol. The van der Waals surface area contributed by atoms with Crippen molar-refractivity contribution in [3.8, 4) is 33.5 Å². The Morgan fingerprint density at radius 3 is 1.93 bits per heavy atom. The predicted octanol–water partition coefficient (Wildman–Crippen LogP) is 6.63. The van der Waals surface area contributed by atoms with E-state index in [1.54, 1.807) is 0 Å². The van der Waals surface area contributed by atoms with Gasteiger partial charge in [-0.2, -0.15) is 5.10 Å². The van der Waals surface area contributed by atoms with Crippen molar-refractivity contribution < 1.29 is 0 Å². The first-order valence-electron chi connectivity index (χ1n) is 9.36. The van der Waals surface area contributed by atoms with Crippen LogP contribution in [0.25, 0.3) is 44.3 Å². The standard InChI is InChI=1S/C26H18N2/c1-3-10-19(11-4-1)22-16-9-17-24(25(22)20-12-5-2-6-13-20)26-23-15-8-7-14-21(23)18-27-28-26/h1-18H. The first-order chi connectivity index (χ1) is 13.9.